The highest BCUT2D eigenvalue weighted by molar-refractivity contribution is 6.41. The van der Waals surface area contributed by atoms with Crippen LogP contribution < -0.4 is 15.7 Å². The predicted octanol–water partition coefficient (Wildman–Crippen LogP) is 1.42. The number of ketones is 2. The van der Waals surface area contributed by atoms with Gasteiger partial charge in [0.2, 0.25) is 11.2 Å². The topological polar surface area (TPSA) is 235 Å². The van der Waals surface area contributed by atoms with Crippen molar-refractivity contribution < 1.29 is 58.9 Å². The minimum Gasteiger partial charge on any atom is -0.504 e. The van der Waals surface area contributed by atoms with Crippen LogP contribution in [0.3, 0.4) is 0 Å². The summed E-state index contributed by atoms with van der Waals surface area (Å²) in [5.41, 5.74) is -3.60. The van der Waals surface area contributed by atoms with Crippen molar-refractivity contribution in [2.24, 2.45) is 7.05 Å². The SMILES string of the molecule is CCCc1c(Cl)c2c(c(=O)n1C)C(=O)c1c(ccc3c(OC)c(O)c4c(=O)c5c(oc4c13)[C@@H](O)C[C@H](O[C@H]1O[C@H](C)[C@@H](O)[C@H](O)[C@@H]1O)[C@@H]5O)C2=O. The van der Waals surface area contributed by atoms with E-state index in [0.29, 0.717) is 18.5 Å². The molecule has 0 unspecified atom stereocenters. The van der Waals surface area contributed by atoms with E-state index in [4.69, 9.17) is 30.2 Å². The number of phenols is 1. The fourth-order valence-corrected chi connectivity index (χ4v) is 7.85. The first-order chi connectivity index (χ1) is 24.2. The summed E-state index contributed by atoms with van der Waals surface area (Å²) in [6.07, 6.45) is -11.8. The zero-order valence-electron chi connectivity index (χ0n) is 27.7. The molecule has 16 heteroatoms. The lowest BCUT2D eigenvalue weighted by molar-refractivity contribution is -0.313. The van der Waals surface area contributed by atoms with Gasteiger partial charge in [-0.05, 0) is 25.5 Å². The average Bonchev–Trinajstić information content (AvgIpc) is 3.10. The van der Waals surface area contributed by atoms with Gasteiger partial charge in [-0.2, -0.15) is 0 Å². The first kappa shape index (κ1) is 35.2. The second-order valence-electron chi connectivity index (χ2n) is 13.0. The van der Waals surface area contributed by atoms with Crippen LogP contribution in [0, 0.1) is 0 Å². The van der Waals surface area contributed by atoms with Gasteiger partial charge >= 0.3 is 0 Å². The Morgan fingerprint density at radius 2 is 1.67 bits per heavy atom. The maximum atomic E-state index is 14.4. The number of aliphatic hydroxyl groups excluding tert-OH is 5. The fourth-order valence-electron chi connectivity index (χ4n) is 7.45. The zero-order valence-corrected chi connectivity index (χ0v) is 28.4. The third-order valence-corrected chi connectivity index (χ3v) is 10.5. The smallest absolute Gasteiger partial charge is 0.262 e. The van der Waals surface area contributed by atoms with Crippen LogP contribution >= 0.6 is 11.6 Å². The van der Waals surface area contributed by atoms with Crippen molar-refractivity contribution in [3.05, 3.63) is 77.0 Å². The summed E-state index contributed by atoms with van der Waals surface area (Å²) in [4.78, 5) is 56.4. The maximum absolute atomic E-state index is 14.4. The number of aromatic nitrogens is 1. The van der Waals surface area contributed by atoms with Crippen molar-refractivity contribution >= 4 is 44.9 Å². The first-order valence-corrected chi connectivity index (χ1v) is 16.6. The van der Waals surface area contributed by atoms with E-state index in [-0.39, 0.29) is 38.2 Å². The minimum atomic E-state index is -1.84. The van der Waals surface area contributed by atoms with Crippen molar-refractivity contribution in [1.82, 2.24) is 4.57 Å². The van der Waals surface area contributed by atoms with Crippen LogP contribution in [0.15, 0.2) is 26.1 Å². The van der Waals surface area contributed by atoms with Crippen molar-refractivity contribution in [2.45, 2.75) is 82.1 Å². The molecule has 51 heavy (non-hydrogen) atoms. The first-order valence-electron chi connectivity index (χ1n) is 16.2. The quantitative estimate of drug-likeness (QED) is 0.141. The molecule has 7 rings (SSSR count). The van der Waals surface area contributed by atoms with Gasteiger partial charge in [0.25, 0.3) is 5.56 Å². The summed E-state index contributed by atoms with van der Waals surface area (Å²) >= 11 is 6.67. The molecule has 2 aliphatic carbocycles. The normalized spacial score (nSPS) is 27.4. The number of benzene rings is 2. The number of fused-ring (bicyclic) bond motifs is 7. The molecular weight excluding hydrogens is 694 g/mol. The van der Waals surface area contributed by atoms with Crippen molar-refractivity contribution in [2.75, 3.05) is 7.11 Å². The van der Waals surface area contributed by atoms with Gasteiger partial charge in [-0.3, -0.25) is 19.2 Å². The van der Waals surface area contributed by atoms with E-state index in [1.807, 2.05) is 6.92 Å². The van der Waals surface area contributed by atoms with E-state index in [2.05, 4.69) is 0 Å². The third-order valence-electron chi connectivity index (χ3n) is 10.1. The molecule has 8 atom stereocenters. The number of phenolic OH excluding ortho intramolecular Hbond substituents is 1. The van der Waals surface area contributed by atoms with Gasteiger partial charge in [0.05, 0.1) is 35.5 Å². The highest BCUT2D eigenvalue weighted by Gasteiger charge is 2.47. The van der Waals surface area contributed by atoms with Crippen LogP contribution in [0.25, 0.3) is 21.7 Å². The molecule has 1 aliphatic heterocycles. The number of nitrogens with zero attached hydrogens (tertiary/aromatic N) is 1. The Kier molecular flexibility index (Phi) is 8.63. The van der Waals surface area contributed by atoms with Crippen LogP contribution in [-0.2, 0) is 22.9 Å². The number of hydrogen-bond donors (Lipinski definition) is 6. The Labute approximate surface area is 292 Å². The number of hydrogen-bond acceptors (Lipinski definition) is 14. The molecule has 3 heterocycles. The molecule has 6 N–H and O–H groups in total. The largest absolute Gasteiger partial charge is 0.504 e. The Balaban J connectivity index is 1.45. The Morgan fingerprint density at radius 1 is 0.961 bits per heavy atom. The van der Waals surface area contributed by atoms with Gasteiger partial charge in [0.15, 0.2) is 29.2 Å². The molecule has 2 aromatic carbocycles. The summed E-state index contributed by atoms with van der Waals surface area (Å²) in [6, 6.07) is 2.69. The Bertz CT molecular complexity index is 2300. The average molecular weight is 728 g/mol. The molecule has 0 bridgehead atoms. The summed E-state index contributed by atoms with van der Waals surface area (Å²) in [7, 11) is 2.63. The maximum Gasteiger partial charge on any atom is 0.262 e. The molecule has 270 valence electrons. The molecule has 1 fully saturated rings. The van der Waals surface area contributed by atoms with Gasteiger partial charge in [-0.15, -0.1) is 0 Å². The van der Waals surface area contributed by atoms with Gasteiger partial charge in [0, 0.05) is 41.1 Å². The lowest BCUT2D eigenvalue weighted by atomic mass is 9.80. The van der Waals surface area contributed by atoms with Crippen molar-refractivity contribution in [3.8, 4) is 11.5 Å². The summed E-state index contributed by atoms with van der Waals surface area (Å²) in [6.45, 7) is 3.29. The van der Waals surface area contributed by atoms with Crippen LogP contribution in [0.5, 0.6) is 11.5 Å². The van der Waals surface area contributed by atoms with Crippen LogP contribution in [-0.4, -0.2) is 90.7 Å². The second-order valence-corrected chi connectivity index (χ2v) is 13.4. The van der Waals surface area contributed by atoms with E-state index < -0.39 is 112 Å². The van der Waals surface area contributed by atoms with Crippen LogP contribution in [0.1, 0.15) is 87.8 Å². The Hall–Kier alpha value is -4.19. The third kappa shape index (κ3) is 4.91. The van der Waals surface area contributed by atoms with E-state index >= 15 is 0 Å². The summed E-state index contributed by atoms with van der Waals surface area (Å²) < 4.78 is 24.0. The fraction of sp³-hybridized carbons (Fsp3) is 0.429. The molecule has 1 saturated heterocycles. The lowest BCUT2D eigenvalue weighted by Crippen LogP contribution is -2.58. The molecule has 0 amide bonds. The van der Waals surface area contributed by atoms with E-state index in [9.17, 15) is 49.8 Å². The monoisotopic (exact) mass is 727 g/mol. The van der Waals surface area contributed by atoms with Crippen molar-refractivity contribution in [3.63, 3.8) is 0 Å². The summed E-state index contributed by atoms with van der Waals surface area (Å²) in [5, 5.41) is 64.1. The molecule has 0 saturated carbocycles. The second kappa shape index (κ2) is 12.5. The van der Waals surface area contributed by atoms with Crippen LogP contribution in [0.2, 0.25) is 5.02 Å². The van der Waals surface area contributed by atoms with Gasteiger partial charge in [-0.25, -0.2) is 0 Å². The van der Waals surface area contributed by atoms with E-state index in [0.717, 1.165) is 0 Å². The number of aromatic hydroxyl groups is 1. The van der Waals surface area contributed by atoms with Gasteiger partial charge in [0.1, 0.15) is 47.2 Å². The highest BCUT2D eigenvalue weighted by Crippen LogP contribution is 2.48. The van der Waals surface area contributed by atoms with Crippen molar-refractivity contribution in [1.29, 1.82) is 0 Å². The van der Waals surface area contributed by atoms with E-state index in [1.165, 1.54) is 37.8 Å². The number of methoxy groups -OCH3 is 1. The number of carbonyl (C=O) groups excluding carboxylic acids is 2. The van der Waals surface area contributed by atoms with Gasteiger partial charge < -0.3 is 53.8 Å². The number of halogens is 1. The molecule has 2 aromatic heterocycles. The molecule has 0 radical (unpaired) electrons. The molecular formula is C35H34ClNO14. The standard InChI is InChI=1S/C35H34ClNO14/c1-5-6-13-22(36)18-19(34(47)37(13)3)26(42)16-11(24(18)40)7-8-12-17(16)33-21(28(44)31(12)48-4)27(43)20-25(41)15(9-14(38)32(20)51-33)50-35-30(46)29(45)23(39)10(2)49-35/h7-8,10,14-15,23,25,29-30,35,38-39,41,44-46H,5-6,9H2,1-4H3/t10-,14+,15+,23-,25+,29+,30+,35-/m1/s1. The minimum absolute atomic E-state index is 0.0323. The Morgan fingerprint density at radius 3 is 2.33 bits per heavy atom. The molecule has 15 nitrogen and oxygen atoms in total. The molecule has 4 aromatic rings. The lowest BCUT2D eigenvalue weighted by Gasteiger charge is -2.42. The number of carbonyl (C=O) groups is 2. The molecule has 3 aliphatic rings. The highest BCUT2D eigenvalue weighted by atomic mass is 35.5. The van der Waals surface area contributed by atoms with E-state index in [1.54, 1.807) is 0 Å². The van der Waals surface area contributed by atoms with Gasteiger partial charge in [-0.1, -0.05) is 24.9 Å². The zero-order chi connectivity index (χ0) is 37.0. The van der Waals surface area contributed by atoms with Crippen LogP contribution in [0.4, 0.5) is 0 Å². The number of aliphatic hydroxyl groups is 5. The number of rotatable bonds is 5. The number of pyridine rings is 1. The summed E-state index contributed by atoms with van der Waals surface area (Å²) in [5.74, 6) is -3.09. The predicted molar refractivity (Wildman–Crippen MR) is 178 cm³/mol. The number of ether oxygens (including phenoxy) is 3. The molecule has 0 spiro atoms.